The summed E-state index contributed by atoms with van der Waals surface area (Å²) in [6.45, 7) is 6.55. The van der Waals surface area contributed by atoms with Crippen LogP contribution in [0.3, 0.4) is 0 Å². The molecule has 0 aliphatic heterocycles. The molecule has 0 aliphatic rings. The Kier molecular flexibility index (Phi) is 48.4. The second-order valence-corrected chi connectivity index (χ2v) is 17.4. The van der Waals surface area contributed by atoms with Gasteiger partial charge in [0, 0.05) is 19.3 Å². The molecule has 0 aromatic carbocycles. The standard InChI is InChI=1S/C56H98O6/c1-4-7-10-13-16-18-20-22-24-26-27-28-29-30-32-33-35-37-40-43-46-49-55(58)61-52-53(51-60-54(57)48-45-42-39-15-12-9-6-3)62-56(59)50-47-44-41-38-36-34-31-25-23-21-19-17-14-11-8-5-2/h19-22,25-27,29-31,53H,4-18,23-24,28,32-52H2,1-3H3/b21-19-,22-20-,27-26-,30-29-,31-25-. The molecule has 0 amide bonds. The van der Waals surface area contributed by atoms with E-state index in [1.807, 2.05) is 0 Å². The van der Waals surface area contributed by atoms with E-state index in [0.717, 1.165) is 103 Å². The fourth-order valence-electron chi connectivity index (χ4n) is 7.24. The second-order valence-electron chi connectivity index (χ2n) is 17.4. The van der Waals surface area contributed by atoms with E-state index in [-0.39, 0.29) is 31.1 Å². The van der Waals surface area contributed by atoms with Gasteiger partial charge < -0.3 is 14.2 Å². The van der Waals surface area contributed by atoms with Gasteiger partial charge in [0.1, 0.15) is 13.2 Å². The van der Waals surface area contributed by atoms with Crippen molar-refractivity contribution in [3.63, 3.8) is 0 Å². The van der Waals surface area contributed by atoms with E-state index in [1.165, 1.54) is 116 Å². The van der Waals surface area contributed by atoms with Crippen LogP contribution in [0.4, 0.5) is 0 Å². The molecule has 6 heteroatoms. The van der Waals surface area contributed by atoms with E-state index in [0.29, 0.717) is 19.3 Å². The van der Waals surface area contributed by atoms with E-state index >= 15 is 0 Å². The fourth-order valence-corrected chi connectivity index (χ4v) is 7.24. The predicted octanol–water partition coefficient (Wildman–Crippen LogP) is 17.3. The number of hydrogen-bond acceptors (Lipinski definition) is 6. The lowest BCUT2D eigenvalue weighted by Crippen LogP contribution is -2.30. The van der Waals surface area contributed by atoms with Crippen molar-refractivity contribution in [2.45, 2.75) is 264 Å². The summed E-state index contributed by atoms with van der Waals surface area (Å²) in [6, 6.07) is 0. The van der Waals surface area contributed by atoms with Gasteiger partial charge in [-0.15, -0.1) is 0 Å². The Morgan fingerprint density at radius 3 is 0.919 bits per heavy atom. The Morgan fingerprint density at radius 1 is 0.323 bits per heavy atom. The fraction of sp³-hybridized carbons (Fsp3) is 0.768. The summed E-state index contributed by atoms with van der Waals surface area (Å²) in [5.74, 6) is -0.914. The number of esters is 3. The maximum absolute atomic E-state index is 12.8. The molecular weight excluding hydrogens is 769 g/mol. The van der Waals surface area contributed by atoms with Crippen molar-refractivity contribution in [1.82, 2.24) is 0 Å². The minimum atomic E-state index is -0.783. The first-order valence-electron chi connectivity index (χ1n) is 26.3. The van der Waals surface area contributed by atoms with Crippen molar-refractivity contribution < 1.29 is 28.6 Å². The Balaban J connectivity index is 4.28. The highest BCUT2D eigenvalue weighted by atomic mass is 16.6. The maximum Gasteiger partial charge on any atom is 0.306 e. The molecule has 62 heavy (non-hydrogen) atoms. The van der Waals surface area contributed by atoms with Gasteiger partial charge in [-0.05, 0) is 89.9 Å². The molecule has 0 heterocycles. The van der Waals surface area contributed by atoms with Gasteiger partial charge in [-0.3, -0.25) is 14.4 Å². The van der Waals surface area contributed by atoms with Gasteiger partial charge in [-0.2, -0.15) is 0 Å². The molecule has 0 radical (unpaired) electrons. The van der Waals surface area contributed by atoms with Crippen molar-refractivity contribution >= 4 is 17.9 Å². The molecule has 0 saturated carbocycles. The quantitative estimate of drug-likeness (QED) is 0.0262. The molecule has 0 fully saturated rings. The summed E-state index contributed by atoms with van der Waals surface area (Å²) in [6.07, 6.45) is 62.2. The Labute approximate surface area is 383 Å². The molecule has 0 N–H and O–H groups in total. The molecule has 0 aromatic rings. The average molecular weight is 867 g/mol. The third-order valence-electron chi connectivity index (χ3n) is 11.2. The summed E-state index contributed by atoms with van der Waals surface area (Å²) < 4.78 is 16.7. The normalized spacial score (nSPS) is 12.5. The van der Waals surface area contributed by atoms with Gasteiger partial charge in [-0.1, -0.05) is 210 Å². The first kappa shape index (κ1) is 59.1. The highest BCUT2D eigenvalue weighted by molar-refractivity contribution is 5.71. The van der Waals surface area contributed by atoms with Crippen molar-refractivity contribution in [1.29, 1.82) is 0 Å². The molecule has 1 unspecified atom stereocenters. The molecule has 0 aromatic heterocycles. The minimum Gasteiger partial charge on any atom is -0.462 e. The van der Waals surface area contributed by atoms with Crippen molar-refractivity contribution in [2.24, 2.45) is 0 Å². The van der Waals surface area contributed by atoms with Crippen LogP contribution in [-0.2, 0) is 28.6 Å². The zero-order valence-electron chi connectivity index (χ0n) is 40.9. The first-order valence-corrected chi connectivity index (χ1v) is 26.3. The number of ether oxygens (including phenoxy) is 3. The Bertz CT molecular complexity index is 1130. The lowest BCUT2D eigenvalue weighted by atomic mass is 10.1. The third-order valence-corrected chi connectivity index (χ3v) is 11.2. The van der Waals surface area contributed by atoms with Crippen molar-refractivity contribution in [3.05, 3.63) is 60.8 Å². The van der Waals surface area contributed by atoms with Crippen molar-refractivity contribution in [3.8, 4) is 0 Å². The highest BCUT2D eigenvalue weighted by Gasteiger charge is 2.19. The second kappa shape index (κ2) is 50.8. The number of carbonyl (C=O) groups is 3. The molecule has 0 rings (SSSR count). The number of unbranched alkanes of at least 4 members (excludes halogenated alkanes) is 26. The van der Waals surface area contributed by atoms with Crippen LogP contribution in [-0.4, -0.2) is 37.2 Å². The Hall–Kier alpha value is -2.89. The van der Waals surface area contributed by atoms with Gasteiger partial charge in [0.15, 0.2) is 6.10 Å². The lowest BCUT2D eigenvalue weighted by Gasteiger charge is -2.18. The van der Waals surface area contributed by atoms with Gasteiger partial charge in [-0.25, -0.2) is 0 Å². The predicted molar refractivity (Wildman–Crippen MR) is 265 cm³/mol. The number of hydrogen-bond donors (Lipinski definition) is 0. The third kappa shape index (κ3) is 48.1. The van der Waals surface area contributed by atoms with Crippen LogP contribution < -0.4 is 0 Å². The van der Waals surface area contributed by atoms with Gasteiger partial charge in [0.2, 0.25) is 0 Å². The zero-order valence-corrected chi connectivity index (χ0v) is 40.9. The summed E-state index contributed by atoms with van der Waals surface area (Å²) in [4.78, 5) is 37.8. The van der Waals surface area contributed by atoms with Crippen LogP contribution in [0.5, 0.6) is 0 Å². The van der Waals surface area contributed by atoms with Crippen LogP contribution in [0.1, 0.15) is 258 Å². The van der Waals surface area contributed by atoms with E-state index in [1.54, 1.807) is 0 Å². The Morgan fingerprint density at radius 2 is 0.581 bits per heavy atom. The molecule has 0 bridgehead atoms. The number of allylic oxidation sites excluding steroid dienone is 10. The van der Waals surface area contributed by atoms with Gasteiger partial charge in [0.25, 0.3) is 0 Å². The largest absolute Gasteiger partial charge is 0.462 e. The number of rotatable bonds is 47. The zero-order chi connectivity index (χ0) is 45.1. The summed E-state index contributed by atoms with van der Waals surface area (Å²) in [5, 5.41) is 0. The van der Waals surface area contributed by atoms with Crippen LogP contribution in [0.2, 0.25) is 0 Å². The van der Waals surface area contributed by atoms with E-state index in [2.05, 4.69) is 81.5 Å². The van der Waals surface area contributed by atoms with Crippen LogP contribution in [0, 0.1) is 0 Å². The minimum absolute atomic E-state index is 0.0839. The van der Waals surface area contributed by atoms with Crippen LogP contribution in [0.15, 0.2) is 60.8 Å². The SMILES string of the molecule is CCCCCC/C=C\C/C=C\CCCCCCCC(=O)OC(COC(=O)CCCCCCCCC)COC(=O)CCCCCCCC/C=C\C/C=C\C/C=C\CCCCCCC. The van der Waals surface area contributed by atoms with Gasteiger partial charge >= 0.3 is 17.9 Å². The molecule has 1 atom stereocenters. The molecule has 0 spiro atoms. The van der Waals surface area contributed by atoms with Crippen LogP contribution in [0.25, 0.3) is 0 Å². The molecule has 358 valence electrons. The topological polar surface area (TPSA) is 78.9 Å². The van der Waals surface area contributed by atoms with E-state index in [9.17, 15) is 14.4 Å². The number of carbonyl (C=O) groups excluding carboxylic acids is 3. The summed E-state index contributed by atoms with van der Waals surface area (Å²) in [5.41, 5.74) is 0. The molecular formula is C56H98O6. The van der Waals surface area contributed by atoms with Crippen LogP contribution >= 0.6 is 0 Å². The summed E-state index contributed by atoms with van der Waals surface area (Å²) in [7, 11) is 0. The first-order chi connectivity index (χ1) is 30.5. The molecule has 6 nitrogen and oxygen atoms in total. The lowest BCUT2D eigenvalue weighted by molar-refractivity contribution is -0.167. The smallest absolute Gasteiger partial charge is 0.306 e. The molecule has 0 saturated heterocycles. The van der Waals surface area contributed by atoms with E-state index < -0.39 is 6.10 Å². The van der Waals surface area contributed by atoms with E-state index in [4.69, 9.17) is 14.2 Å². The maximum atomic E-state index is 12.8. The average Bonchev–Trinajstić information content (AvgIpc) is 3.27. The monoisotopic (exact) mass is 867 g/mol. The van der Waals surface area contributed by atoms with Gasteiger partial charge in [0.05, 0.1) is 0 Å². The van der Waals surface area contributed by atoms with Crippen molar-refractivity contribution in [2.75, 3.05) is 13.2 Å². The highest BCUT2D eigenvalue weighted by Crippen LogP contribution is 2.14. The molecule has 0 aliphatic carbocycles. The summed E-state index contributed by atoms with van der Waals surface area (Å²) >= 11 is 0.